The molecule has 0 atom stereocenters. The molecule has 2 aliphatic rings. The van der Waals surface area contributed by atoms with E-state index in [1.54, 1.807) is 0 Å². The average Bonchev–Trinajstić information content (AvgIpc) is 2.94. The minimum Gasteiger partial charge on any atom is -0.487 e. The lowest BCUT2D eigenvalue weighted by molar-refractivity contribution is 0.00586. The fraction of sp³-hybridized carbons (Fsp3) is 0.333. The summed E-state index contributed by atoms with van der Waals surface area (Å²) in [6.07, 6.45) is -0.0611. The van der Waals surface area contributed by atoms with Crippen LogP contribution in [-0.4, -0.2) is 51.8 Å². The first-order chi connectivity index (χ1) is 13.6. The molecule has 152 valence electrons. The van der Waals surface area contributed by atoms with Gasteiger partial charge >= 0.3 is 5.97 Å². The van der Waals surface area contributed by atoms with Gasteiger partial charge in [-0.2, -0.15) is 0 Å². The second kappa shape index (κ2) is 6.73. The van der Waals surface area contributed by atoms with Crippen LogP contribution < -0.4 is 9.47 Å². The molecule has 0 unspecified atom stereocenters. The first-order valence-corrected chi connectivity index (χ1v) is 9.17. The molecule has 2 aliphatic heterocycles. The summed E-state index contributed by atoms with van der Waals surface area (Å²) < 4.78 is 26.1. The van der Waals surface area contributed by atoms with Crippen LogP contribution in [0.4, 0.5) is 4.39 Å². The van der Waals surface area contributed by atoms with Crippen molar-refractivity contribution < 1.29 is 33.7 Å². The molecule has 1 amide bonds. The highest BCUT2D eigenvalue weighted by molar-refractivity contribution is 5.95. The topological polar surface area (TPSA) is 96.3 Å². The van der Waals surface area contributed by atoms with E-state index in [0.717, 1.165) is 6.07 Å². The van der Waals surface area contributed by atoms with Crippen LogP contribution in [0.25, 0.3) is 0 Å². The van der Waals surface area contributed by atoms with Gasteiger partial charge in [0.25, 0.3) is 5.91 Å². The number of carbonyl (C=O) groups excluding carboxylic acids is 1. The Labute approximate surface area is 166 Å². The van der Waals surface area contributed by atoms with Gasteiger partial charge in [0.2, 0.25) is 0 Å². The maximum absolute atomic E-state index is 14.6. The lowest BCUT2D eigenvalue weighted by Crippen LogP contribution is -2.53. The van der Waals surface area contributed by atoms with E-state index >= 15 is 0 Å². The summed E-state index contributed by atoms with van der Waals surface area (Å²) in [5.41, 5.74) is 0.249. The van der Waals surface area contributed by atoms with Gasteiger partial charge in [-0.1, -0.05) is 0 Å². The van der Waals surface area contributed by atoms with Gasteiger partial charge in [-0.25, -0.2) is 9.18 Å². The second-order valence-electron chi connectivity index (χ2n) is 7.91. The second-order valence-corrected chi connectivity index (χ2v) is 7.91. The molecule has 29 heavy (non-hydrogen) atoms. The van der Waals surface area contributed by atoms with Crippen molar-refractivity contribution in [3.05, 3.63) is 52.8 Å². The fourth-order valence-corrected chi connectivity index (χ4v) is 3.50. The van der Waals surface area contributed by atoms with E-state index in [1.165, 1.54) is 29.2 Å². The van der Waals surface area contributed by atoms with E-state index in [4.69, 9.17) is 9.47 Å². The highest BCUT2D eigenvalue weighted by Gasteiger charge is 2.34. The number of carboxylic acids is 1. The zero-order valence-electron chi connectivity index (χ0n) is 15.9. The van der Waals surface area contributed by atoms with Crippen LogP contribution in [0, 0.1) is 5.82 Å². The van der Waals surface area contributed by atoms with Gasteiger partial charge in [0.1, 0.15) is 17.1 Å². The molecular formula is C21H20FNO6. The Kier molecular flexibility index (Phi) is 4.46. The number of nitrogens with zero attached hydrogens (tertiary/aromatic N) is 1. The first kappa shape index (κ1) is 19.2. The summed E-state index contributed by atoms with van der Waals surface area (Å²) in [7, 11) is 0. The molecule has 0 radical (unpaired) electrons. The van der Waals surface area contributed by atoms with Gasteiger partial charge in [-0.3, -0.25) is 4.79 Å². The van der Waals surface area contributed by atoms with Crippen LogP contribution in [0.5, 0.6) is 17.2 Å². The third kappa shape index (κ3) is 3.63. The molecule has 2 aromatic carbocycles. The Morgan fingerprint density at radius 2 is 1.90 bits per heavy atom. The Morgan fingerprint density at radius 3 is 2.52 bits per heavy atom. The van der Waals surface area contributed by atoms with Gasteiger partial charge in [0, 0.05) is 30.6 Å². The summed E-state index contributed by atoms with van der Waals surface area (Å²) >= 11 is 0. The quantitative estimate of drug-likeness (QED) is 0.818. The van der Waals surface area contributed by atoms with Crippen LogP contribution in [0.1, 0.15) is 40.1 Å². The van der Waals surface area contributed by atoms with Crippen molar-refractivity contribution in [2.75, 3.05) is 13.1 Å². The number of aromatic carboxylic acids is 1. The van der Waals surface area contributed by atoms with Gasteiger partial charge in [-0.15, -0.1) is 0 Å². The van der Waals surface area contributed by atoms with Crippen molar-refractivity contribution in [2.45, 2.75) is 32.0 Å². The smallest absolute Gasteiger partial charge is 0.335 e. The lowest BCUT2D eigenvalue weighted by atomic mass is 10.00. The number of fused-ring (bicyclic) bond motifs is 1. The van der Waals surface area contributed by atoms with Crippen LogP contribution in [-0.2, 0) is 6.42 Å². The minimum absolute atomic E-state index is 0.0278. The van der Waals surface area contributed by atoms with Crippen molar-refractivity contribution in [2.24, 2.45) is 0 Å². The molecule has 2 N–H and O–H groups in total. The van der Waals surface area contributed by atoms with Crippen molar-refractivity contribution in [1.82, 2.24) is 4.90 Å². The lowest BCUT2D eigenvalue weighted by Gasteiger charge is -2.35. The SMILES string of the molecule is CC1(C)Cc2c(Oc3ccc(C(=O)N4CC(O)C4)cc3F)cc(C(=O)O)cc2O1. The number of carboxylic acid groups (broad SMARTS) is 1. The number of aliphatic hydroxyl groups excluding tert-OH is 1. The average molecular weight is 401 g/mol. The number of hydrogen-bond acceptors (Lipinski definition) is 5. The van der Waals surface area contributed by atoms with Gasteiger partial charge < -0.3 is 24.6 Å². The predicted molar refractivity (Wildman–Crippen MR) is 100 cm³/mol. The minimum atomic E-state index is -1.15. The van der Waals surface area contributed by atoms with Crippen molar-refractivity contribution in [3.8, 4) is 17.2 Å². The number of rotatable bonds is 4. The number of ether oxygens (including phenoxy) is 2. The number of carbonyl (C=O) groups is 2. The monoisotopic (exact) mass is 401 g/mol. The third-order valence-electron chi connectivity index (χ3n) is 4.95. The van der Waals surface area contributed by atoms with E-state index < -0.39 is 23.5 Å². The molecular weight excluding hydrogens is 381 g/mol. The Morgan fingerprint density at radius 1 is 1.17 bits per heavy atom. The molecule has 0 bridgehead atoms. The van der Waals surface area contributed by atoms with E-state index in [9.17, 15) is 24.2 Å². The summed E-state index contributed by atoms with van der Waals surface area (Å²) in [5.74, 6) is -1.79. The molecule has 0 spiro atoms. The summed E-state index contributed by atoms with van der Waals surface area (Å²) in [6, 6.07) is 6.61. The van der Waals surface area contributed by atoms with Crippen molar-refractivity contribution >= 4 is 11.9 Å². The molecule has 8 heteroatoms. The predicted octanol–water partition coefficient (Wildman–Crippen LogP) is 2.85. The van der Waals surface area contributed by atoms with Crippen molar-refractivity contribution in [1.29, 1.82) is 0 Å². The van der Waals surface area contributed by atoms with E-state index in [2.05, 4.69) is 0 Å². The largest absolute Gasteiger partial charge is 0.487 e. The Bertz CT molecular complexity index is 1010. The number of amides is 1. The molecule has 1 fully saturated rings. The summed E-state index contributed by atoms with van der Waals surface area (Å²) in [5, 5.41) is 18.7. The molecule has 4 rings (SSSR count). The summed E-state index contributed by atoms with van der Waals surface area (Å²) in [4.78, 5) is 25.1. The molecule has 0 saturated carbocycles. The number of benzene rings is 2. The maximum atomic E-state index is 14.6. The van der Waals surface area contributed by atoms with E-state index in [-0.39, 0.29) is 41.6 Å². The van der Waals surface area contributed by atoms with Crippen LogP contribution in [0.3, 0.4) is 0 Å². The van der Waals surface area contributed by atoms with Gasteiger partial charge in [0.15, 0.2) is 11.6 Å². The number of β-amino-alcohol motifs (C(OH)–C–C–N with tert-alkyl or cyclic N) is 1. The van der Waals surface area contributed by atoms with E-state index in [1.807, 2.05) is 13.8 Å². The third-order valence-corrected chi connectivity index (χ3v) is 4.95. The van der Waals surface area contributed by atoms with Gasteiger partial charge in [-0.05, 0) is 44.2 Å². The number of likely N-dealkylation sites (tertiary alicyclic amines) is 1. The number of hydrogen-bond donors (Lipinski definition) is 2. The normalized spacial score (nSPS) is 17.3. The highest BCUT2D eigenvalue weighted by atomic mass is 19.1. The molecule has 1 saturated heterocycles. The van der Waals surface area contributed by atoms with Crippen LogP contribution >= 0.6 is 0 Å². The van der Waals surface area contributed by atoms with Gasteiger partial charge in [0.05, 0.1) is 11.7 Å². The fourth-order valence-electron chi connectivity index (χ4n) is 3.50. The molecule has 2 heterocycles. The first-order valence-electron chi connectivity index (χ1n) is 9.17. The molecule has 0 aliphatic carbocycles. The molecule has 7 nitrogen and oxygen atoms in total. The van der Waals surface area contributed by atoms with E-state index in [0.29, 0.717) is 17.7 Å². The zero-order valence-corrected chi connectivity index (χ0v) is 15.9. The zero-order chi connectivity index (χ0) is 20.9. The van der Waals surface area contributed by atoms with Crippen LogP contribution in [0.2, 0.25) is 0 Å². The van der Waals surface area contributed by atoms with Crippen LogP contribution in [0.15, 0.2) is 30.3 Å². The maximum Gasteiger partial charge on any atom is 0.335 e. The standard InChI is InChI=1S/C21H20FNO6/c1-21(2)8-14-17(6-12(20(26)27)7-18(14)29-21)28-16-4-3-11(5-15(16)22)19(25)23-9-13(24)10-23/h3-7,13,24H,8-10H2,1-2H3,(H,26,27). The Hall–Kier alpha value is -3.13. The number of aliphatic hydroxyl groups is 1. The highest BCUT2D eigenvalue weighted by Crippen LogP contribution is 2.43. The Balaban J connectivity index is 1.63. The molecule has 2 aromatic rings. The molecule has 0 aromatic heterocycles. The summed E-state index contributed by atoms with van der Waals surface area (Å²) in [6.45, 7) is 4.18. The number of halogens is 1. The van der Waals surface area contributed by atoms with Crippen molar-refractivity contribution in [3.63, 3.8) is 0 Å².